The molecule has 0 N–H and O–H groups in total. The van der Waals surface area contributed by atoms with E-state index in [2.05, 4.69) is 30.7 Å². The van der Waals surface area contributed by atoms with Gasteiger partial charge in [-0.15, -0.1) is 0 Å². The van der Waals surface area contributed by atoms with Crippen molar-refractivity contribution in [3.05, 3.63) is 17.7 Å². The molecule has 0 saturated carbocycles. The number of fused-ring (bicyclic) bond motifs is 1. The van der Waals surface area contributed by atoms with Crippen LogP contribution < -0.4 is 4.90 Å². The lowest BCUT2D eigenvalue weighted by Crippen LogP contribution is -2.40. The molecule has 0 spiro atoms. The van der Waals surface area contributed by atoms with Crippen molar-refractivity contribution in [1.29, 1.82) is 0 Å². The standard InChI is InChI=1S/C16H25N3O2/c1-15(2,3)13-17-10-12-11(18-13)8-7-9-19(12)14(20)21-16(4,5)6/h10H,7-9H2,1-6H3. The topological polar surface area (TPSA) is 55.3 Å². The van der Waals surface area contributed by atoms with E-state index in [9.17, 15) is 4.79 Å². The Balaban J connectivity index is 2.30. The molecule has 1 aliphatic heterocycles. The predicted octanol–water partition coefficient (Wildman–Crippen LogP) is 3.46. The van der Waals surface area contributed by atoms with E-state index in [4.69, 9.17) is 4.74 Å². The molecule has 2 heterocycles. The Hall–Kier alpha value is -1.65. The van der Waals surface area contributed by atoms with Crippen LogP contribution in [-0.4, -0.2) is 28.2 Å². The molecule has 1 amide bonds. The highest BCUT2D eigenvalue weighted by atomic mass is 16.6. The molecule has 1 aromatic rings. The average Bonchev–Trinajstić information content (AvgIpc) is 2.34. The van der Waals surface area contributed by atoms with Crippen molar-refractivity contribution >= 4 is 11.8 Å². The number of rotatable bonds is 0. The number of nitrogens with zero attached hydrogens (tertiary/aromatic N) is 3. The lowest BCUT2D eigenvalue weighted by atomic mass is 9.95. The number of carbonyl (C=O) groups excluding carboxylic acids is 1. The Labute approximate surface area is 126 Å². The molecule has 0 unspecified atom stereocenters. The van der Waals surface area contributed by atoms with Gasteiger partial charge in [-0.25, -0.2) is 14.8 Å². The van der Waals surface area contributed by atoms with E-state index < -0.39 is 5.60 Å². The van der Waals surface area contributed by atoms with Crippen LogP contribution >= 0.6 is 0 Å². The fraction of sp³-hybridized carbons (Fsp3) is 0.688. The zero-order valence-electron chi connectivity index (χ0n) is 13.9. The van der Waals surface area contributed by atoms with E-state index in [1.54, 1.807) is 11.1 Å². The van der Waals surface area contributed by atoms with Gasteiger partial charge in [-0.3, -0.25) is 4.90 Å². The van der Waals surface area contributed by atoms with Crippen molar-refractivity contribution in [2.45, 2.75) is 65.4 Å². The van der Waals surface area contributed by atoms with Gasteiger partial charge in [0.2, 0.25) is 0 Å². The van der Waals surface area contributed by atoms with Crippen molar-refractivity contribution in [3.63, 3.8) is 0 Å². The smallest absolute Gasteiger partial charge is 0.414 e. The molecule has 116 valence electrons. The van der Waals surface area contributed by atoms with Crippen molar-refractivity contribution in [3.8, 4) is 0 Å². The number of aryl methyl sites for hydroxylation is 1. The number of hydrogen-bond donors (Lipinski definition) is 0. The molecular weight excluding hydrogens is 266 g/mol. The van der Waals surface area contributed by atoms with E-state index in [0.29, 0.717) is 6.54 Å². The van der Waals surface area contributed by atoms with E-state index in [0.717, 1.165) is 30.0 Å². The maximum atomic E-state index is 12.3. The first-order chi connectivity index (χ1) is 9.58. The van der Waals surface area contributed by atoms with Crippen LogP contribution in [0.25, 0.3) is 0 Å². The second-order valence-corrected chi connectivity index (χ2v) is 7.51. The Morgan fingerprint density at radius 3 is 2.48 bits per heavy atom. The lowest BCUT2D eigenvalue weighted by molar-refractivity contribution is 0.0577. The van der Waals surface area contributed by atoms with E-state index >= 15 is 0 Å². The largest absolute Gasteiger partial charge is 0.443 e. The maximum Gasteiger partial charge on any atom is 0.414 e. The first-order valence-electron chi connectivity index (χ1n) is 7.45. The third kappa shape index (κ3) is 3.71. The van der Waals surface area contributed by atoms with Crippen LogP contribution in [0.1, 0.15) is 59.5 Å². The Morgan fingerprint density at radius 2 is 1.90 bits per heavy atom. The summed E-state index contributed by atoms with van der Waals surface area (Å²) in [6.45, 7) is 12.5. The fourth-order valence-corrected chi connectivity index (χ4v) is 2.21. The molecule has 0 bridgehead atoms. The minimum Gasteiger partial charge on any atom is -0.443 e. The molecule has 0 saturated heterocycles. The van der Waals surface area contributed by atoms with Crippen molar-refractivity contribution in [2.75, 3.05) is 11.4 Å². The molecule has 0 atom stereocenters. The molecule has 2 rings (SSSR count). The van der Waals surface area contributed by atoms with Gasteiger partial charge < -0.3 is 4.74 Å². The number of carbonyl (C=O) groups is 1. The summed E-state index contributed by atoms with van der Waals surface area (Å²) >= 11 is 0. The summed E-state index contributed by atoms with van der Waals surface area (Å²) in [6.07, 6.45) is 3.20. The van der Waals surface area contributed by atoms with E-state index in [-0.39, 0.29) is 11.5 Å². The van der Waals surface area contributed by atoms with Gasteiger partial charge in [0.05, 0.1) is 17.6 Å². The van der Waals surface area contributed by atoms with Crippen LogP contribution in [0.4, 0.5) is 10.5 Å². The summed E-state index contributed by atoms with van der Waals surface area (Å²) in [4.78, 5) is 23.0. The SMILES string of the molecule is CC(C)(C)OC(=O)N1CCCc2nc(C(C)(C)C)ncc21. The Bertz CT molecular complexity index is 541. The third-order valence-corrected chi connectivity index (χ3v) is 3.22. The number of ether oxygens (including phenoxy) is 1. The van der Waals surface area contributed by atoms with Crippen LogP contribution in [0.15, 0.2) is 6.20 Å². The molecular formula is C16H25N3O2. The fourth-order valence-electron chi connectivity index (χ4n) is 2.21. The summed E-state index contributed by atoms with van der Waals surface area (Å²) in [7, 11) is 0. The monoisotopic (exact) mass is 291 g/mol. The van der Waals surface area contributed by atoms with E-state index in [1.807, 2.05) is 20.8 Å². The third-order valence-electron chi connectivity index (χ3n) is 3.22. The molecule has 1 aromatic heterocycles. The number of hydrogen-bond acceptors (Lipinski definition) is 4. The van der Waals surface area contributed by atoms with Gasteiger partial charge in [-0.2, -0.15) is 0 Å². The zero-order valence-corrected chi connectivity index (χ0v) is 13.9. The first kappa shape index (κ1) is 15.7. The molecule has 5 nitrogen and oxygen atoms in total. The van der Waals surface area contributed by atoms with Crippen LogP contribution in [0.5, 0.6) is 0 Å². The molecule has 0 aliphatic carbocycles. The van der Waals surface area contributed by atoms with Crippen molar-refractivity contribution < 1.29 is 9.53 Å². The number of amides is 1. The normalized spacial score (nSPS) is 15.6. The van der Waals surface area contributed by atoms with Crippen molar-refractivity contribution in [1.82, 2.24) is 9.97 Å². The average molecular weight is 291 g/mol. The van der Waals surface area contributed by atoms with Gasteiger partial charge in [-0.1, -0.05) is 20.8 Å². The van der Waals surface area contributed by atoms with Crippen LogP contribution in [0.2, 0.25) is 0 Å². The minimum atomic E-state index is -0.499. The second kappa shape index (κ2) is 5.28. The second-order valence-electron chi connectivity index (χ2n) is 7.51. The highest BCUT2D eigenvalue weighted by Crippen LogP contribution is 2.29. The summed E-state index contributed by atoms with van der Waals surface area (Å²) in [5.74, 6) is 0.812. The maximum absolute atomic E-state index is 12.3. The van der Waals surface area contributed by atoms with Crippen LogP contribution in [-0.2, 0) is 16.6 Å². The zero-order chi connectivity index (χ0) is 15.8. The van der Waals surface area contributed by atoms with Crippen molar-refractivity contribution in [2.24, 2.45) is 0 Å². The molecule has 0 fully saturated rings. The summed E-state index contributed by atoms with van der Waals surface area (Å²) < 4.78 is 5.46. The Kier molecular flexibility index (Phi) is 3.95. The molecule has 0 aromatic carbocycles. The van der Waals surface area contributed by atoms with Gasteiger partial charge in [0.25, 0.3) is 0 Å². The van der Waals surface area contributed by atoms with Gasteiger partial charge in [0.15, 0.2) is 0 Å². The highest BCUT2D eigenvalue weighted by molar-refractivity contribution is 5.88. The minimum absolute atomic E-state index is 0.0940. The summed E-state index contributed by atoms with van der Waals surface area (Å²) in [6, 6.07) is 0. The summed E-state index contributed by atoms with van der Waals surface area (Å²) in [5.41, 5.74) is 1.12. The van der Waals surface area contributed by atoms with Gasteiger partial charge in [0, 0.05) is 12.0 Å². The molecule has 21 heavy (non-hydrogen) atoms. The van der Waals surface area contributed by atoms with Gasteiger partial charge in [-0.05, 0) is 33.6 Å². The molecule has 1 aliphatic rings. The summed E-state index contributed by atoms with van der Waals surface area (Å²) in [5, 5.41) is 0. The Morgan fingerprint density at radius 1 is 1.24 bits per heavy atom. The molecule has 0 radical (unpaired) electrons. The molecule has 5 heteroatoms. The highest BCUT2D eigenvalue weighted by Gasteiger charge is 2.29. The lowest BCUT2D eigenvalue weighted by Gasteiger charge is -2.31. The van der Waals surface area contributed by atoms with Gasteiger partial charge >= 0.3 is 6.09 Å². The van der Waals surface area contributed by atoms with Gasteiger partial charge in [0.1, 0.15) is 11.4 Å². The predicted molar refractivity (Wildman–Crippen MR) is 82.6 cm³/mol. The first-order valence-corrected chi connectivity index (χ1v) is 7.45. The quantitative estimate of drug-likeness (QED) is 0.734. The number of anilines is 1. The number of aromatic nitrogens is 2. The van der Waals surface area contributed by atoms with Crippen LogP contribution in [0.3, 0.4) is 0 Å². The van der Waals surface area contributed by atoms with E-state index in [1.165, 1.54) is 0 Å². The van der Waals surface area contributed by atoms with Crippen LogP contribution in [0, 0.1) is 0 Å².